The Morgan fingerprint density at radius 1 is 1.56 bits per heavy atom. The lowest BCUT2D eigenvalue weighted by molar-refractivity contribution is -0.128. The van der Waals surface area contributed by atoms with E-state index in [1.54, 1.807) is 25.2 Å². The van der Waals surface area contributed by atoms with Gasteiger partial charge in [-0.05, 0) is 35.0 Å². The molecule has 0 aliphatic heterocycles. The number of carbonyl (C=O) groups excluding carboxylic acids is 1. The number of halogens is 1. The monoisotopic (exact) mass is 285 g/mol. The van der Waals surface area contributed by atoms with Gasteiger partial charge in [-0.15, -0.1) is 0 Å². The Labute approximate surface area is 104 Å². The van der Waals surface area contributed by atoms with Crippen molar-refractivity contribution in [2.75, 3.05) is 19.4 Å². The molecule has 0 saturated carbocycles. The van der Waals surface area contributed by atoms with Crippen LogP contribution in [-0.2, 0) is 4.79 Å². The van der Waals surface area contributed by atoms with Gasteiger partial charge in [-0.25, -0.2) is 4.98 Å². The average Bonchev–Trinajstić information content (AvgIpc) is 2.21. The van der Waals surface area contributed by atoms with E-state index in [1.165, 1.54) is 0 Å². The SMILES string of the molecule is CC(CC(=O)N(C)C)Nc1ccc(Br)nc1. The highest BCUT2D eigenvalue weighted by Gasteiger charge is 2.10. The summed E-state index contributed by atoms with van der Waals surface area (Å²) in [6.45, 7) is 1.98. The van der Waals surface area contributed by atoms with Gasteiger partial charge in [0.25, 0.3) is 0 Å². The number of nitrogens with one attached hydrogen (secondary N) is 1. The van der Waals surface area contributed by atoms with Crippen LogP contribution in [0.4, 0.5) is 5.69 Å². The van der Waals surface area contributed by atoms with Gasteiger partial charge in [-0.1, -0.05) is 0 Å². The number of hydrogen-bond donors (Lipinski definition) is 1. The summed E-state index contributed by atoms with van der Waals surface area (Å²) in [5, 5.41) is 3.22. The van der Waals surface area contributed by atoms with Crippen LogP contribution in [0.15, 0.2) is 22.9 Å². The Morgan fingerprint density at radius 2 is 2.25 bits per heavy atom. The Bertz CT molecular complexity index is 351. The molecule has 0 fully saturated rings. The minimum Gasteiger partial charge on any atom is -0.381 e. The van der Waals surface area contributed by atoms with Gasteiger partial charge in [0.05, 0.1) is 11.9 Å². The van der Waals surface area contributed by atoms with Crippen molar-refractivity contribution in [2.24, 2.45) is 0 Å². The summed E-state index contributed by atoms with van der Waals surface area (Å²) in [5.41, 5.74) is 0.919. The molecule has 0 aliphatic rings. The van der Waals surface area contributed by atoms with Crippen molar-refractivity contribution in [2.45, 2.75) is 19.4 Å². The maximum atomic E-state index is 11.5. The molecular weight excluding hydrogens is 270 g/mol. The van der Waals surface area contributed by atoms with E-state index in [4.69, 9.17) is 0 Å². The van der Waals surface area contributed by atoms with Gasteiger partial charge in [-0.3, -0.25) is 4.79 Å². The molecule has 5 heteroatoms. The van der Waals surface area contributed by atoms with Crippen molar-refractivity contribution < 1.29 is 4.79 Å². The molecule has 1 unspecified atom stereocenters. The van der Waals surface area contributed by atoms with Crippen LogP contribution in [-0.4, -0.2) is 35.9 Å². The van der Waals surface area contributed by atoms with Gasteiger partial charge in [0.1, 0.15) is 4.60 Å². The van der Waals surface area contributed by atoms with Crippen LogP contribution in [0.1, 0.15) is 13.3 Å². The molecule has 88 valence electrons. The Kier molecular flexibility index (Phi) is 4.73. The minimum absolute atomic E-state index is 0.0953. The Morgan fingerprint density at radius 3 is 2.75 bits per heavy atom. The molecule has 0 bridgehead atoms. The summed E-state index contributed by atoms with van der Waals surface area (Å²) in [6.07, 6.45) is 2.21. The van der Waals surface area contributed by atoms with Gasteiger partial charge in [0.15, 0.2) is 0 Å². The zero-order valence-corrected chi connectivity index (χ0v) is 11.3. The number of anilines is 1. The number of pyridine rings is 1. The highest BCUT2D eigenvalue weighted by molar-refractivity contribution is 9.10. The molecule has 0 spiro atoms. The normalized spacial score (nSPS) is 12.0. The summed E-state index contributed by atoms with van der Waals surface area (Å²) in [5.74, 6) is 0.116. The van der Waals surface area contributed by atoms with Crippen LogP contribution < -0.4 is 5.32 Å². The Hall–Kier alpha value is -1.10. The molecule has 1 aromatic rings. The molecule has 1 heterocycles. The van der Waals surface area contributed by atoms with Crippen molar-refractivity contribution in [1.29, 1.82) is 0 Å². The third kappa shape index (κ3) is 4.18. The molecule has 1 N–H and O–H groups in total. The maximum absolute atomic E-state index is 11.5. The number of amides is 1. The van der Waals surface area contributed by atoms with Gasteiger partial charge < -0.3 is 10.2 Å². The minimum atomic E-state index is 0.0953. The van der Waals surface area contributed by atoms with Crippen molar-refractivity contribution in [3.63, 3.8) is 0 Å². The second-order valence-electron chi connectivity index (χ2n) is 3.91. The molecule has 0 aromatic carbocycles. The van der Waals surface area contributed by atoms with E-state index in [9.17, 15) is 4.79 Å². The Balaban J connectivity index is 2.48. The standard InChI is InChI=1S/C11H16BrN3O/c1-8(6-11(16)15(2)3)14-9-4-5-10(12)13-7-9/h4-5,7-8,14H,6H2,1-3H3. The summed E-state index contributed by atoms with van der Waals surface area (Å²) in [4.78, 5) is 17.2. The summed E-state index contributed by atoms with van der Waals surface area (Å²) < 4.78 is 0.801. The van der Waals surface area contributed by atoms with Gasteiger partial charge in [0, 0.05) is 26.6 Å². The van der Waals surface area contributed by atoms with Crippen LogP contribution in [0.25, 0.3) is 0 Å². The smallest absolute Gasteiger partial charge is 0.224 e. The number of carbonyl (C=O) groups is 1. The van der Waals surface area contributed by atoms with Gasteiger partial charge in [-0.2, -0.15) is 0 Å². The second-order valence-corrected chi connectivity index (χ2v) is 4.72. The summed E-state index contributed by atoms with van der Waals surface area (Å²) >= 11 is 3.27. The highest BCUT2D eigenvalue weighted by atomic mass is 79.9. The molecule has 1 amide bonds. The first-order valence-electron chi connectivity index (χ1n) is 5.07. The largest absolute Gasteiger partial charge is 0.381 e. The molecular formula is C11H16BrN3O. The first kappa shape index (κ1) is 13.0. The fraction of sp³-hybridized carbons (Fsp3) is 0.455. The predicted molar refractivity (Wildman–Crippen MR) is 68.3 cm³/mol. The first-order valence-corrected chi connectivity index (χ1v) is 5.86. The number of aromatic nitrogens is 1. The number of nitrogens with zero attached hydrogens (tertiary/aromatic N) is 2. The summed E-state index contributed by atoms with van der Waals surface area (Å²) in [7, 11) is 3.52. The van der Waals surface area contributed by atoms with E-state index in [0.29, 0.717) is 6.42 Å². The average molecular weight is 286 g/mol. The number of rotatable bonds is 4. The van der Waals surface area contributed by atoms with Gasteiger partial charge in [0.2, 0.25) is 5.91 Å². The molecule has 4 nitrogen and oxygen atoms in total. The molecule has 0 aliphatic carbocycles. The van der Waals surface area contributed by atoms with Crippen LogP contribution in [0.3, 0.4) is 0 Å². The summed E-state index contributed by atoms with van der Waals surface area (Å²) in [6, 6.07) is 3.88. The lowest BCUT2D eigenvalue weighted by Crippen LogP contribution is -2.28. The van der Waals surface area contributed by atoms with Gasteiger partial charge >= 0.3 is 0 Å². The van der Waals surface area contributed by atoms with Crippen LogP contribution in [0, 0.1) is 0 Å². The molecule has 0 radical (unpaired) electrons. The first-order chi connectivity index (χ1) is 7.49. The third-order valence-electron chi connectivity index (χ3n) is 2.12. The molecule has 1 rings (SSSR count). The second kappa shape index (κ2) is 5.84. The highest BCUT2D eigenvalue weighted by Crippen LogP contribution is 2.12. The number of hydrogen-bond acceptors (Lipinski definition) is 3. The third-order valence-corrected chi connectivity index (χ3v) is 2.59. The lowest BCUT2D eigenvalue weighted by atomic mass is 10.2. The molecule has 1 atom stereocenters. The van der Waals surface area contributed by atoms with E-state index in [1.807, 2.05) is 19.1 Å². The van der Waals surface area contributed by atoms with Crippen molar-refractivity contribution in [3.8, 4) is 0 Å². The fourth-order valence-corrected chi connectivity index (χ4v) is 1.48. The van der Waals surface area contributed by atoms with Crippen molar-refractivity contribution in [3.05, 3.63) is 22.9 Å². The maximum Gasteiger partial charge on any atom is 0.224 e. The predicted octanol–water partition coefficient (Wildman–Crippen LogP) is 2.12. The lowest BCUT2D eigenvalue weighted by Gasteiger charge is -2.17. The van der Waals surface area contributed by atoms with Crippen molar-refractivity contribution in [1.82, 2.24) is 9.88 Å². The molecule has 1 aromatic heterocycles. The fourth-order valence-electron chi connectivity index (χ4n) is 1.24. The van der Waals surface area contributed by atoms with Crippen molar-refractivity contribution >= 4 is 27.5 Å². The van der Waals surface area contributed by atoms with E-state index in [2.05, 4.69) is 26.2 Å². The van der Waals surface area contributed by atoms with E-state index >= 15 is 0 Å². The topological polar surface area (TPSA) is 45.2 Å². The zero-order chi connectivity index (χ0) is 12.1. The van der Waals surface area contributed by atoms with Crippen LogP contribution in [0.5, 0.6) is 0 Å². The van der Waals surface area contributed by atoms with Crippen LogP contribution in [0.2, 0.25) is 0 Å². The van der Waals surface area contributed by atoms with E-state index in [-0.39, 0.29) is 11.9 Å². The molecule has 16 heavy (non-hydrogen) atoms. The van der Waals surface area contributed by atoms with Crippen LogP contribution >= 0.6 is 15.9 Å². The molecule has 0 saturated heterocycles. The quantitative estimate of drug-likeness (QED) is 0.862. The van der Waals surface area contributed by atoms with E-state index in [0.717, 1.165) is 10.3 Å². The zero-order valence-electron chi connectivity index (χ0n) is 9.70. The van der Waals surface area contributed by atoms with E-state index < -0.39 is 0 Å².